The Labute approximate surface area is 114 Å². The smallest absolute Gasteiger partial charge is 0.243 e. The molecule has 0 amide bonds. The summed E-state index contributed by atoms with van der Waals surface area (Å²) in [6.07, 6.45) is 1.37. The zero-order chi connectivity index (χ0) is 13.2. The van der Waals surface area contributed by atoms with Gasteiger partial charge in [0.15, 0.2) is 0 Å². The summed E-state index contributed by atoms with van der Waals surface area (Å²) < 4.78 is 25.7. The van der Waals surface area contributed by atoms with Crippen LogP contribution in [0.4, 0.5) is 0 Å². The van der Waals surface area contributed by atoms with Crippen LogP contribution in [0.25, 0.3) is 0 Å². The zero-order valence-electron chi connectivity index (χ0n) is 9.45. The summed E-state index contributed by atoms with van der Waals surface area (Å²) in [4.78, 5) is 7.94. The molecule has 0 aromatic carbocycles. The van der Waals surface area contributed by atoms with Crippen LogP contribution in [0.5, 0.6) is 0 Å². The van der Waals surface area contributed by atoms with Crippen LogP contribution in [0.2, 0.25) is 5.15 Å². The number of hydrogen-bond donors (Lipinski definition) is 0. The molecule has 18 heavy (non-hydrogen) atoms. The molecule has 0 unspecified atom stereocenters. The van der Waals surface area contributed by atoms with Crippen LogP contribution in [-0.4, -0.2) is 29.7 Å². The highest BCUT2D eigenvalue weighted by Crippen LogP contribution is 2.18. The van der Waals surface area contributed by atoms with Crippen LogP contribution in [0.15, 0.2) is 34.1 Å². The average Bonchev–Trinajstić information content (AvgIpc) is 2.81. The topological polar surface area (TPSA) is 63.2 Å². The molecule has 0 aliphatic carbocycles. The van der Waals surface area contributed by atoms with Gasteiger partial charge in [0.1, 0.15) is 5.15 Å². The second-order valence-electron chi connectivity index (χ2n) is 3.56. The van der Waals surface area contributed by atoms with E-state index in [-0.39, 0.29) is 16.6 Å². The number of thiazole rings is 1. The van der Waals surface area contributed by atoms with Crippen molar-refractivity contribution < 1.29 is 8.42 Å². The van der Waals surface area contributed by atoms with Gasteiger partial charge in [0.25, 0.3) is 0 Å². The van der Waals surface area contributed by atoms with Gasteiger partial charge < -0.3 is 0 Å². The number of nitrogens with zero attached hydrogens (tertiary/aromatic N) is 3. The molecule has 0 spiro atoms. The maximum absolute atomic E-state index is 12.2. The Balaban J connectivity index is 2.25. The second-order valence-corrected chi connectivity index (χ2v) is 6.71. The van der Waals surface area contributed by atoms with E-state index in [9.17, 15) is 8.42 Å². The van der Waals surface area contributed by atoms with E-state index in [1.807, 2.05) is 5.38 Å². The number of pyridine rings is 1. The molecule has 5 nitrogen and oxygen atoms in total. The average molecular weight is 304 g/mol. The fourth-order valence-corrected chi connectivity index (χ4v) is 3.30. The Hall–Kier alpha value is -1.02. The summed E-state index contributed by atoms with van der Waals surface area (Å²) in [5.41, 5.74) is 2.38. The summed E-state index contributed by atoms with van der Waals surface area (Å²) in [7, 11) is -2.06. The molecule has 2 rings (SSSR count). The zero-order valence-corrected chi connectivity index (χ0v) is 11.8. The van der Waals surface area contributed by atoms with E-state index in [0.717, 1.165) is 0 Å². The summed E-state index contributed by atoms with van der Waals surface area (Å²) in [5.74, 6) is 0. The first-order chi connectivity index (χ1) is 8.50. The third-order valence-corrected chi connectivity index (χ3v) is 4.92. The van der Waals surface area contributed by atoms with Gasteiger partial charge in [-0.25, -0.2) is 18.4 Å². The first kappa shape index (κ1) is 13.4. The molecule has 0 aliphatic heterocycles. The van der Waals surface area contributed by atoms with Gasteiger partial charge in [-0.05, 0) is 12.1 Å². The van der Waals surface area contributed by atoms with Crippen molar-refractivity contribution in [3.05, 3.63) is 40.1 Å². The van der Waals surface area contributed by atoms with Crippen molar-refractivity contribution in [2.45, 2.75) is 11.4 Å². The molecular formula is C10H10ClN3O2S2. The Morgan fingerprint density at radius 1 is 1.44 bits per heavy atom. The van der Waals surface area contributed by atoms with Crippen LogP contribution < -0.4 is 0 Å². The number of rotatable bonds is 4. The van der Waals surface area contributed by atoms with E-state index in [1.165, 1.54) is 41.0 Å². The third-order valence-electron chi connectivity index (χ3n) is 2.27. The van der Waals surface area contributed by atoms with Crippen molar-refractivity contribution in [2.75, 3.05) is 7.05 Å². The lowest BCUT2D eigenvalue weighted by Crippen LogP contribution is -2.26. The van der Waals surface area contributed by atoms with E-state index in [4.69, 9.17) is 11.6 Å². The lowest BCUT2D eigenvalue weighted by Gasteiger charge is -2.15. The third kappa shape index (κ3) is 2.86. The largest absolute Gasteiger partial charge is 0.248 e. The van der Waals surface area contributed by atoms with Gasteiger partial charge in [-0.15, -0.1) is 11.3 Å². The molecule has 2 aromatic rings. The summed E-state index contributed by atoms with van der Waals surface area (Å²) in [5, 5.41) is 1.96. The van der Waals surface area contributed by atoms with Gasteiger partial charge >= 0.3 is 0 Å². The van der Waals surface area contributed by atoms with Crippen molar-refractivity contribution in [1.29, 1.82) is 0 Å². The van der Waals surface area contributed by atoms with Gasteiger partial charge in [0.2, 0.25) is 10.0 Å². The molecule has 2 heterocycles. The van der Waals surface area contributed by atoms with E-state index in [0.29, 0.717) is 5.69 Å². The van der Waals surface area contributed by atoms with Crippen LogP contribution in [0.3, 0.4) is 0 Å². The van der Waals surface area contributed by atoms with E-state index >= 15 is 0 Å². The standard InChI is InChI=1S/C10H10ClN3O2S2/c1-14(5-8-6-17-7-13-8)18(15,16)9-2-3-12-10(11)4-9/h2-4,6-7H,5H2,1H3. The summed E-state index contributed by atoms with van der Waals surface area (Å²) in [6.45, 7) is 0.228. The highest BCUT2D eigenvalue weighted by Gasteiger charge is 2.21. The molecule has 0 bridgehead atoms. The molecule has 0 fully saturated rings. The first-order valence-corrected chi connectivity index (χ1v) is 7.71. The molecule has 0 aliphatic rings. The minimum Gasteiger partial charge on any atom is -0.248 e. The molecule has 96 valence electrons. The van der Waals surface area contributed by atoms with Crippen molar-refractivity contribution >= 4 is 33.0 Å². The van der Waals surface area contributed by atoms with Crippen LogP contribution >= 0.6 is 22.9 Å². The van der Waals surface area contributed by atoms with E-state index in [1.54, 1.807) is 5.51 Å². The number of sulfonamides is 1. The van der Waals surface area contributed by atoms with Crippen LogP contribution in [0, 0.1) is 0 Å². The summed E-state index contributed by atoms with van der Waals surface area (Å²) >= 11 is 7.12. The number of halogens is 1. The lowest BCUT2D eigenvalue weighted by molar-refractivity contribution is 0.463. The summed E-state index contributed by atoms with van der Waals surface area (Å²) in [6, 6.07) is 2.74. The lowest BCUT2D eigenvalue weighted by atomic mass is 10.5. The molecule has 8 heteroatoms. The quantitative estimate of drug-likeness (QED) is 0.811. The molecule has 0 radical (unpaired) electrons. The Morgan fingerprint density at radius 2 is 2.22 bits per heavy atom. The van der Waals surface area contributed by atoms with Gasteiger partial charge in [0, 0.05) is 18.6 Å². The maximum Gasteiger partial charge on any atom is 0.243 e. The van der Waals surface area contributed by atoms with Gasteiger partial charge in [-0.3, -0.25) is 0 Å². The van der Waals surface area contributed by atoms with Crippen molar-refractivity contribution in [3.63, 3.8) is 0 Å². The minimum atomic E-state index is -3.56. The maximum atomic E-state index is 12.2. The SMILES string of the molecule is CN(Cc1cscn1)S(=O)(=O)c1ccnc(Cl)c1. The molecular weight excluding hydrogens is 294 g/mol. The highest BCUT2D eigenvalue weighted by molar-refractivity contribution is 7.89. The van der Waals surface area contributed by atoms with Crippen molar-refractivity contribution in [1.82, 2.24) is 14.3 Å². The Morgan fingerprint density at radius 3 is 2.83 bits per heavy atom. The van der Waals surface area contributed by atoms with Gasteiger partial charge in [0.05, 0.1) is 22.6 Å². The number of aromatic nitrogens is 2. The Kier molecular flexibility index (Phi) is 3.96. The molecule has 2 aromatic heterocycles. The highest BCUT2D eigenvalue weighted by atomic mass is 35.5. The fraction of sp³-hybridized carbons (Fsp3) is 0.200. The monoisotopic (exact) mass is 303 g/mol. The van der Waals surface area contributed by atoms with Gasteiger partial charge in [-0.1, -0.05) is 11.6 Å². The first-order valence-electron chi connectivity index (χ1n) is 4.95. The minimum absolute atomic E-state index is 0.125. The fourth-order valence-electron chi connectivity index (χ4n) is 1.35. The molecule has 0 atom stereocenters. The van der Waals surface area contributed by atoms with Crippen LogP contribution in [0.1, 0.15) is 5.69 Å². The molecule has 0 N–H and O–H groups in total. The second kappa shape index (κ2) is 5.31. The van der Waals surface area contributed by atoms with Crippen molar-refractivity contribution in [2.24, 2.45) is 0 Å². The molecule has 0 saturated heterocycles. The predicted molar refractivity (Wildman–Crippen MR) is 70.0 cm³/mol. The van der Waals surface area contributed by atoms with E-state index < -0.39 is 10.0 Å². The normalized spacial score (nSPS) is 11.9. The number of hydrogen-bond acceptors (Lipinski definition) is 5. The Bertz CT molecular complexity index is 628. The predicted octanol–water partition coefficient (Wildman–Crippen LogP) is 2.01. The van der Waals surface area contributed by atoms with E-state index in [2.05, 4.69) is 9.97 Å². The van der Waals surface area contributed by atoms with Crippen LogP contribution in [-0.2, 0) is 16.6 Å². The molecule has 0 saturated carbocycles. The van der Waals surface area contributed by atoms with Gasteiger partial charge in [-0.2, -0.15) is 4.31 Å². The van der Waals surface area contributed by atoms with Crippen molar-refractivity contribution in [3.8, 4) is 0 Å².